The van der Waals surface area contributed by atoms with E-state index in [9.17, 15) is 0 Å². The second kappa shape index (κ2) is 10.8. The number of benzene rings is 2. The van der Waals surface area contributed by atoms with Gasteiger partial charge in [0.05, 0.1) is 13.7 Å². The lowest BCUT2D eigenvalue weighted by atomic mass is 9.96. The first kappa shape index (κ1) is 21.1. The number of halogens is 1. The molecule has 2 aromatic rings. The maximum Gasteiger partial charge on any atom is 0.119 e. The zero-order valence-electron chi connectivity index (χ0n) is 17.1. The average molecular weight is 490 g/mol. The minimum absolute atomic E-state index is 0.203. The van der Waals surface area contributed by atoms with Gasteiger partial charge in [-0.3, -0.25) is 0 Å². The van der Waals surface area contributed by atoms with E-state index in [4.69, 9.17) is 9.47 Å². The number of hydrogen-bond donors (Lipinski definition) is 0. The number of hydrogen-bond acceptors (Lipinski definition) is 2. The maximum absolute atomic E-state index is 6.01. The fourth-order valence-corrected chi connectivity index (χ4v) is 4.83. The number of rotatable bonds is 9. The molecule has 2 aromatic carbocycles. The van der Waals surface area contributed by atoms with Gasteiger partial charge in [0.15, 0.2) is 0 Å². The van der Waals surface area contributed by atoms with Gasteiger partial charge in [-0.2, -0.15) is 0 Å². The monoisotopic (exact) mass is 490 g/mol. The highest BCUT2D eigenvalue weighted by Crippen LogP contribution is 2.33. The van der Waals surface area contributed by atoms with Gasteiger partial charge in [0.1, 0.15) is 11.5 Å². The first-order chi connectivity index (χ1) is 13.7. The van der Waals surface area contributed by atoms with Crippen molar-refractivity contribution < 1.29 is 9.47 Å². The van der Waals surface area contributed by atoms with Crippen LogP contribution in [0.15, 0.2) is 36.4 Å². The zero-order chi connectivity index (χ0) is 19.8. The largest absolute Gasteiger partial charge is 0.497 e. The van der Waals surface area contributed by atoms with Gasteiger partial charge in [0.25, 0.3) is 0 Å². The number of unbranched alkanes of at least 4 members (excludes halogenated alkanes) is 2. The van der Waals surface area contributed by atoms with Crippen molar-refractivity contribution >= 4 is 36.9 Å². The summed E-state index contributed by atoms with van der Waals surface area (Å²) in [6.45, 7) is 2.99. The van der Waals surface area contributed by atoms with Gasteiger partial charge in [-0.1, -0.05) is 22.7 Å². The van der Waals surface area contributed by atoms with Crippen molar-refractivity contribution in [3.05, 3.63) is 58.7 Å². The predicted molar refractivity (Wildman–Crippen MR) is 130 cm³/mol. The van der Waals surface area contributed by atoms with Crippen molar-refractivity contribution in [2.45, 2.75) is 45.4 Å². The highest BCUT2D eigenvalue weighted by Gasteiger charge is 2.13. The molecule has 0 radical (unpaired) electrons. The normalized spacial score (nSPS) is 13.4. The molecular formula is C25H31IO2. The molecule has 0 fully saturated rings. The average Bonchev–Trinajstić information content (AvgIpc) is 2.92. The lowest BCUT2D eigenvalue weighted by molar-refractivity contribution is 0.306. The first-order valence-electron chi connectivity index (χ1n) is 10.2. The van der Waals surface area contributed by atoms with Crippen molar-refractivity contribution in [3.8, 4) is 11.5 Å². The quantitative estimate of drug-likeness (QED) is 0.218. The third-order valence-electron chi connectivity index (χ3n) is 5.30. The van der Waals surface area contributed by atoms with E-state index >= 15 is 0 Å². The van der Waals surface area contributed by atoms with Crippen LogP contribution in [0.3, 0.4) is 0 Å². The molecule has 2 nitrogen and oxygen atoms in total. The van der Waals surface area contributed by atoms with Crippen molar-refractivity contribution in [2.75, 3.05) is 18.1 Å². The Morgan fingerprint density at radius 1 is 1.00 bits per heavy atom. The van der Waals surface area contributed by atoms with Crippen LogP contribution in [0.5, 0.6) is 11.5 Å². The molecule has 0 atom stereocenters. The van der Waals surface area contributed by atoms with Crippen LogP contribution in [0, 0.1) is 6.92 Å². The van der Waals surface area contributed by atoms with Gasteiger partial charge in [-0.05, 0) is 102 Å². The highest BCUT2D eigenvalue weighted by atomic mass is 127. The molecule has 1 aliphatic rings. The Bertz CT molecular complexity index is 838. The Kier molecular flexibility index (Phi) is 8.13. The number of allylic oxidation sites excluding steroid dienone is 1. The Balaban J connectivity index is 1.70. The van der Waals surface area contributed by atoms with E-state index in [0.29, 0.717) is 0 Å². The van der Waals surface area contributed by atoms with Gasteiger partial charge in [-0.15, -0.1) is 20.7 Å². The fraction of sp³-hybridized carbons (Fsp3) is 0.400. The molecule has 28 heavy (non-hydrogen) atoms. The van der Waals surface area contributed by atoms with Crippen LogP contribution in [0.4, 0.5) is 0 Å². The molecule has 3 heteroatoms. The molecule has 0 saturated carbocycles. The lowest BCUT2D eigenvalue weighted by Crippen LogP contribution is -1.99. The summed E-state index contributed by atoms with van der Waals surface area (Å²) in [7, 11) is 1.72. The third kappa shape index (κ3) is 5.69. The summed E-state index contributed by atoms with van der Waals surface area (Å²) in [6.07, 6.45) is 9.45. The van der Waals surface area contributed by atoms with Crippen LogP contribution >= 0.6 is 20.7 Å². The molecule has 3 rings (SSSR count). The van der Waals surface area contributed by atoms with E-state index in [2.05, 4.69) is 53.9 Å². The Hall–Kier alpha value is -1.62. The number of aryl methyl sites for hydroxylation is 2. The van der Waals surface area contributed by atoms with E-state index < -0.39 is 0 Å². The van der Waals surface area contributed by atoms with Crippen molar-refractivity contribution in [3.63, 3.8) is 0 Å². The van der Waals surface area contributed by atoms with Gasteiger partial charge < -0.3 is 9.47 Å². The number of fused-ring (bicyclic) bond motifs is 1. The maximum atomic E-state index is 6.01. The smallest absolute Gasteiger partial charge is 0.119 e. The summed E-state index contributed by atoms with van der Waals surface area (Å²) in [6, 6.07) is 13.0. The van der Waals surface area contributed by atoms with E-state index in [-0.39, 0.29) is 20.7 Å². The summed E-state index contributed by atoms with van der Waals surface area (Å²) in [5, 5.41) is 0. The molecule has 0 bridgehead atoms. The summed E-state index contributed by atoms with van der Waals surface area (Å²) >= 11 is 0.203. The molecule has 0 spiro atoms. The van der Waals surface area contributed by atoms with E-state index in [1.807, 2.05) is 0 Å². The van der Waals surface area contributed by atoms with E-state index in [1.54, 1.807) is 7.11 Å². The number of alkyl halides is 1. The van der Waals surface area contributed by atoms with Crippen molar-refractivity contribution in [2.24, 2.45) is 0 Å². The zero-order valence-corrected chi connectivity index (χ0v) is 19.3. The topological polar surface area (TPSA) is 18.5 Å². The standard InChI is InChI=1S/C25H31IO2/c1-19-16-23(27-3)12-13-25(19)22-9-7-8-20-18-24(11-10-21(20)17-22)28-15-6-4-5-14-26-2/h10-13,16-18H,2,4-9,14-15H2,1,3H3. The van der Waals surface area contributed by atoms with Crippen LogP contribution in [0.25, 0.3) is 11.6 Å². The van der Waals surface area contributed by atoms with Gasteiger partial charge in [-0.25, -0.2) is 0 Å². The second-order valence-corrected chi connectivity index (χ2v) is 9.51. The lowest BCUT2D eigenvalue weighted by Gasteiger charge is -2.11. The molecule has 0 aromatic heterocycles. The minimum Gasteiger partial charge on any atom is -0.497 e. The molecule has 0 heterocycles. The molecular weight excluding hydrogens is 459 g/mol. The molecule has 0 unspecified atom stereocenters. The summed E-state index contributed by atoms with van der Waals surface area (Å²) < 4.78 is 16.7. The predicted octanol–water partition coefficient (Wildman–Crippen LogP) is 6.83. The molecule has 150 valence electrons. The second-order valence-electron chi connectivity index (χ2n) is 7.35. The molecule has 0 saturated heterocycles. The first-order valence-corrected chi connectivity index (χ1v) is 13.2. The van der Waals surface area contributed by atoms with Crippen molar-refractivity contribution in [1.29, 1.82) is 0 Å². The molecule has 0 amide bonds. The molecule has 1 aliphatic carbocycles. The molecule has 0 N–H and O–H groups in total. The van der Waals surface area contributed by atoms with Crippen molar-refractivity contribution in [1.82, 2.24) is 0 Å². The Labute approximate surface area is 179 Å². The highest BCUT2D eigenvalue weighted by molar-refractivity contribution is 14.2. The van der Waals surface area contributed by atoms with E-state index in [1.165, 1.54) is 51.5 Å². The number of methoxy groups -OCH3 is 1. The Morgan fingerprint density at radius 3 is 2.64 bits per heavy atom. The van der Waals surface area contributed by atoms with Gasteiger partial charge in [0.2, 0.25) is 0 Å². The van der Waals surface area contributed by atoms with E-state index in [0.717, 1.165) is 37.4 Å². The summed E-state index contributed by atoms with van der Waals surface area (Å²) in [5.74, 6) is 1.94. The summed E-state index contributed by atoms with van der Waals surface area (Å²) in [5.41, 5.74) is 6.75. The van der Waals surface area contributed by atoms with Gasteiger partial charge >= 0.3 is 0 Å². The van der Waals surface area contributed by atoms with Crippen LogP contribution in [-0.4, -0.2) is 22.7 Å². The summed E-state index contributed by atoms with van der Waals surface area (Å²) in [4.78, 5) is 0. The number of ether oxygens (including phenoxy) is 2. The third-order valence-corrected chi connectivity index (χ3v) is 6.82. The Morgan fingerprint density at radius 2 is 1.86 bits per heavy atom. The fourth-order valence-electron chi connectivity index (χ4n) is 3.75. The van der Waals surface area contributed by atoms with Crippen LogP contribution in [0.1, 0.15) is 54.4 Å². The molecule has 0 aliphatic heterocycles. The van der Waals surface area contributed by atoms with Gasteiger partial charge in [0, 0.05) is 0 Å². The van der Waals surface area contributed by atoms with Crippen LogP contribution in [0.2, 0.25) is 0 Å². The minimum atomic E-state index is 0.203. The van der Waals surface area contributed by atoms with Crippen LogP contribution < -0.4 is 9.47 Å². The van der Waals surface area contributed by atoms with Crippen LogP contribution in [-0.2, 0) is 6.42 Å². The SMILES string of the molecule is C=ICCCCCOc1ccc2c(c1)CCCC(c1ccc(OC)cc1C)=C2.